The molecule has 1 aliphatic heterocycles. The van der Waals surface area contributed by atoms with Crippen LogP contribution in [0.1, 0.15) is 58.8 Å². The molecule has 0 aromatic rings. The highest BCUT2D eigenvalue weighted by Gasteiger charge is 2.46. The van der Waals surface area contributed by atoms with Crippen LogP contribution in [0.3, 0.4) is 0 Å². The van der Waals surface area contributed by atoms with Crippen LogP contribution in [0.4, 0.5) is 0 Å². The van der Waals surface area contributed by atoms with Crippen molar-refractivity contribution < 1.29 is 9.53 Å². The van der Waals surface area contributed by atoms with E-state index in [4.69, 9.17) is 10.5 Å². The van der Waals surface area contributed by atoms with Crippen molar-refractivity contribution in [2.24, 2.45) is 17.1 Å². The summed E-state index contributed by atoms with van der Waals surface area (Å²) in [4.78, 5) is 15.3. The van der Waals surface area contributed by atoms with Gasteiger partial charge in [0.25, 0.3) is 0 Å². The molecule has 2 aliphatic rings. The quantitative estimate of drug-likeness (QED) is 0.848. The molecule has 2 fully saturated rings. The van der Waals surface area contributed by atoms with E-state index >= 15 is 0 Å². The van der Waals surface area contributed by atoms with Gasteiger partial charge in [0, 0.05) is 31.7 Å². The van der Waals surface area contributed by atoms with Gasteiger partial charge in [-0.25, -0.2) is 0 Å². The first-order valence-corrected chi connectivity index (χ1v) is 8.56. The van der Waals surface area contributed by atoms with Crippen molar-refractivity contribution in [2.45, 2.75) is 70.9 Å². The molecular weight excluding hydrogens is 264 g/mol. The first-order valence-electron chi connectivity index (χ1n) is 8.56. The number of piperidine rings is 1. The molecule has 21 heavy (non-hydrogen) atoms. The van der Waals surface area contributed by atoms with Crippen LogP contribution < -0.4 is 5.73 Å². The summed E-state index contributed by atoms with van der Waals surface area (Å²) in [6.45, 7) is 5.80. The standard InChI is InChI=1S/C17H32N2O2/c1-13(2)11-17(7-4-5-8-17)16(20)19-9-6-15(21-3)10-14(19)12-18/h13-15H,4-12,18H2,1-3H3. The van der Waals surface area contributed by atoms with Crippen LogP contribution in [-0.2, 0) is 9.53 Å². The highest BCUT2D eigenvalue weighted by Crippen LogP contribution is 2.45. The zero-order valence-corrected chi connectivity index (χ0v) is 13.9. The molecule has 0 bridgehead atoms. The molecule has 1 saturated heterocycles. The third kappa shape index (κ3) is 3.59. The summed E-state index contributed by atoms with van der Waals surface area (Å²) in [7, 11) is 1.76. The van der Waals surface area contributed by atoms with Gasteiger partial charge in [-0.2, -0.15) is 0 Å². The van der Waals surface area contributed by atoms with Gasteiger partial charge in [0.2, 0.25) is 5.91 Å². The van der Waals surface area contributed by atoms with Crippen molar-refractivity contribution in [3.05, 3.63) is 0 Å². The molecule has 0 radical (unpaired) electrons. The topological polar surface area (TPSA) is 55.6 Å². The lowest BCUT2D eigenvalue weighted by Crippen LogP contribution is -2.55. The number of carbonyl (C=O) groups excluding carboxylic acids is 1. The maximum Gasteiger partial charge on any atom is 0.229 e. The van der Waals surface area contributed by atoms with Crippen molar-refractivity contribution in [1.82, 2.24) is 4.90 Å². The largest absolute Gasteiger partial charge is 0.381 e. The van der Waals surface area contributed by atoms with Crippen LogP contribution in [0.5, 0.6) is 0 Å². The van der Waals surface area contributed by atoms with Gasteiger partial charge in [-0.05, 0) is 38.0 Å². The maximum atomic E-state index is 13.3. The molecule has 0 aromatic carbocycles. The summed E-state index contributed by atoms with van der Waals surface area (Å²) in [5.41, 5.74) is 5.83. The minimum atomic E-state index is -0.110. The molecular formula is C17H32N2O2. The monoisotopic (exact) mass is 296 g/mol. The summed E-state index contributed by atoms with van der Waals surface area (Å²) in [5.74, 6) is 0.943. The highest BCUT2D eigenvalue weighted by atomic mass is 16.5. The van der Waals surface area contributed by atoms with E-state index in [-0.39, 0.29) is 17.6 Å². The van der Waals surface area contributed by atoms with Gasteiger partial charge in [0.05, 0.1) is 6.10 Å². The fraction of sp³-hybridized carbons (Fsp3) is 0.941. The molecule has 122 valence electrons. The van der Waals surface area contributed by atoms with E-state index < -0.39 is 0 Å². The number of likely N-dealkylation sites (tertiary alicyclic amines) is 1. The van der Waals surface area contributed by atoms with Gasteiger partial charge < -0.3 is 15.4 Å². The number of nitrogens with zero attached hydrogens (tertiary/aromatic N) is 1. The molecule has 1 saturated carbocycles. The molecule has 0 aromatic heterocycles. The summed E-state index contributed by atoms with van der Waals surface area (Å²) < 4.78 is 5.47. The molecule has 2 N–H and O–H groups in total. The number of methoxy groups -OCH3 is 1. The molecule has 2 unspecified atom stereocenters. The Morgan fingerprint density at radius 1 is 1.38 bits per heavy atom. The van der Waals surface area contributed by atoms with Crippen LogP contribution >= 0.6 is 0 Å². The van der Waals surface area contributed by atoms with E-state index in [0.29, 0.717) is 18.4 Å². The molecule has 2 rings (SSSR count). The minimum absolute atomic E-state index is 0.110. The second-order valence-corrected chi connectivity index (χ2v) is 7.36. The lowest BCUT2D eigenvalue weighted by molar-refractivity contribution is -0.148. The SMILES string of the molecule is COC1CCN(C(=O)C2(CC(C)C)CCCC2)C(CN)C1. The molecule has 0 spiro atoms. The first-order chi connectivity index (χ1) is 10.0. The summed E-state index contributed by atoms with van der Waals surface area (Å²) in [5, 5.41) is 0. The number of hydrogen-bond donors (Lipinski definition) is 1. The fourth-order valence-corrected chi connectivity index (χ4v) is 4.36. The third-order valence-electron chi connectivity index (χ3n) is 5.35. The molecule has 4 heteroatoms. The van der Waals surface area contributed by atoms with Crippen LogP contribution in [-0.4, -0.2) is 43.2 Å². The molecule has 2 atom stereocenters. The van der Waals surface area contributed by atoms with E-state index in [1.807, 2.05) is 0 Å². The zero-order valence-electron chi connectivity index (χ0n) is 13.9. The Bertz CT molecular complexity index is 351. The third-order valence-corrected chi connectivity index (χ3v) is 5.35. The van der Waals surface area contributed by atoms with Gasteiger partial charge in [-0.3, -0.25) is 4.79 Å². The second kappa shape index (κ2) is 7.10. The van der Waals surface area contributed by atoms with Crippen molar-refractivity contribution >= 4 is 5.91 Å². The number of hydrogen-bond acceptors (Lipinski definition) is 3. The number of amides is 1. The smallest absolute Gasteiger partial charge is 0.229 e. The number of carbonyl (C=O) groups is 1. The number of nitrogens with two attached hydrogens (primary N) is 1. The lowest BCUT2D eigenvalue weighted by atomic mass is 9.76. The van der Waals surface area contributed by atoms with E-state index in [1.54, 1.807) is 7.11 Å². The predicted octanol–water partition coefficient (Wildman–Crippen LogP) is 2.56. The fourth-order valence-electron chi connectivity index (χ4n) is 4.36. The molecule has 4 nitrogen and oxygen atoms in total. The van der Waals surface area contributed by atoms with E-state index in [1.165, 1.54) is 12.8 Å². The van der Waals surface area contributed by atoms with Crippen molar-refractivity contribution in [3.63, 3.8) is 0 Å². The van der Waals surface area contributed by atoms with Crippen LogP contribution in [0, 0.1) is 11.3 Å². The first kappa shape index (κ1) is 16.8. The van der Waals surface area contributed by atoms with Gasteiger partial charge in [-0.15, -0.1) is 0 Å². The Kier molecular flexibility index (Phi) is 5.67. The predicted molar refractivity (Wildman–Crippen MR) is 84.9 cm³/mol. The average Bonchev–Trinajstić information content (AvgIpc) is 2.94. The Morgan fingerprint density at radius 3 is 2.57 bits per heavy atom. The average molecular weight is 296 g/mol. The normalized spacial score (nSPS) is 29.1. The van der Waals surface area contributed by atoms with E-state index in [2.05, 4.69) is 18.7 Å². The molecule has 1 amide bonds. The molecule has 1 heterocycles. The Morgan fingerprint density at radius 2 is 2.05 bits per heavy atom. The van der Waals surface area contributed by atoms with Crippen molar-refractivity contribution in [2.75, 3.05) is 20.2 Å². The number of rotatable bonds is 5. The van der Waals surface area contributed by atoms with E-state index in [0.717, 1.165) is 38.6 Å². The molecule has 1 aliphatic carbocycles. The Balaban J connectivity index is 2.12. The van der Waals surface area contributed by atoms with Crippen LogP contribution in [0.15, 0.2) is 0 Å². The van der Waals surface area contributed by atoms with Crippen molar-refractivity contribution in [1.29, 1.82) is 0 Å². The van der Waals surface area contributed by atoms with E-state index in [9.17, 15) is 4.79 Å². The van der Waals surface area contributed by atoms with Gasteiger partial charge in [-0.1, -0.05) is 26.7 Å². The Labute approximate surface area is 129 Å². The van der Waals surface area contributed by atoms with Crippen LogP contribution in [0.25, 0.3) is 0 Å². The second-order valence-electron chi connectivity index (χ2n) is 7.36. The highest BCUT2D eigenvalue weighted by molar-refractivity contribution is 5.83. The van der Waals surface area contributed by atoms with Gasteiger partial charge in [0.15, 0.2) is 0 Å². The van der Waals surface area contributed by atoms with Gasteiger partial charge >= 0.3 is 0 Å². The zero-order chi connectivity index (χ0) is 15.5. The maximum absolute atomic E-state index is 13.3. The number of ether oxygens (including phenoxy) is 1. The Hall–Kier alpha value is -0.610. The lowest BCUT2D eigenvalue weighted by Gasteiger charge is -2.43. The minimum Gasteiger partial charge on any atom is -0.381 e. The van der Waals surface area contributed by atoms with Crippen molar-refractivity contribution in [3.8, 4) is 0 Å². The summed E-state index contributed by atoms with van der Waals surface area (Å²) in [6.07, 6.45) is 7.62. The summed E-state index contributed by atoms with van der Waals surface area (Å²) in [6, 6.07) is 0.154. The van der Waals surface area contributed by atoms with Crippen LogP contribution in [0.2, 0.25) is 0 Å². The summed E-state index contributed by atoms with van der Waals surface area (Å²) >= 11 is 0. The van der Waals surface area contributed by atoms with Gasteiger partial charge in [0.1, 0.15) is 0 Å².